The summed E-state index contributed by atoms with van der Waals surface area (Å²) in [5, 5.41) is 12.7. The molecule has 0 amide bonds. The smallest absolute Gasteiger partial charge is 0.323 e. The molecule has 0 aliphatic heterocycles. The molecule has 0 aromatic rings. The van der Waals surface area contributed by atoms with E-state index in [1.165, 1.54) is 12.2 Å². The minimum atomic E-state index is -0.745. The summed E-state index contributed by atoms with van der Waals surface area (Å²) in [5.74, 6) is 2.28. The van der Waals surface area contributed by atoms with E-state index in [0.29, 0.717) is 12.8 Å². The summed E-state index contributed by atoms with van der Waals surface area (Å²) in [6.45, 7) is 10.4. The lowest BCUT2D eigenvalue weighted by Gasteiger charge is -2.31. The predicted molar refractivity (Wildman–Crippen MR) is 84.9 cm³/mol. The average molecular weight is 289 g/mol. The standard InChI is InChI=1S/C15H31NO2S/c1-6-13(5)11-19-10-8-9-15(7-2,14(17)18)16-12(3)4/h12-13,16H,6-11H2,1-5H3,(H,17,18). The lowest BCUT2D eigenvalue weighted by Crippen LogP contribution is -2.54. The van der Waals surface area contributed by atoms with Gasteiger partial charge in [-0.15, -0.1) is 0 Å². The van der Waals surface area contributed by atoms with Crippen LogP contribution in [0.1, 0.15) is 60.3 Å². The van der Waals surface area contributed by atoms with E-state index in [4.69, 9.17) is 0 Å². The van der Waals surface area contributed by atoms with Gasteiger partial charge in [-0.25, -0.2) is 0 Å². The number of nitrogens with one attached hydrogen (secondary N) is 1. The second kappa shape index (κ2) is 9.65. The monoisotopic (exact) mass is 289 g/mol. The maximum absolute atomic E-state index is 11.5. The predicted octanol–water partition coefficient (Wildman–Crippen LogP) is 3.78. The maximum Gasteiger partial charge on any atom is 0.323 e. The summed E-state index contributed by atoms with van der Waals surface area (Å²) in [7, 11) is 0. The van der Waals surface area contributed by atoms with Gasteiger partial charge in [0.15, 0.2) is 0 Å². The van der Waals surface area contributed by atoms with Crippen LogP contribution in [0, 0.1) is 5.92 Å². The number of carboxylic acid groups (broad SMARTS) is 1. The van der Waals surface area contributed by atoms with Gasteiger partial charge in [0, 0.05) is 6.04 Å². The summed E-state index contributed by atoms with van der Waals surface area (Å²) in [6, 6.07) is 0.198. The highest BCUT2D eigenvalue weighted by molar-refractivity contribution is 7.99. The van der Waals surface area contributed by atoms with Gasteiger partial charge in [-0.2, -0.15) is 11.8 Å². The van der Waals surface area contributed by atoms with Crippen LogP contribution in [-0.4, -0.2) is 34.2 Å². The van der Waals surface area contributed by atoms with Crippen LogP contribution in [0.5, 0.6) is 0 Å². The zero-order chi connectivity index (χ0) is 14.9. The molecule has 2 unspecified atom stereocenters. The molecule has 0 fully saturated rings. The van der Waals surface area contributed by atoms with E-state index in [-0.39, 0.29) is 6.04 Å². The minimum absolute atomic E-state index is 0.198. The van der Waals surface area contributed by atoms with Crippen molar-refractivity contribution < 1.29 is 9.90 Å². The fourth-order valence-corrected chi connectivity index (χ4v) is 3.26. The highest BCUT2D eigenvalue weighted by Crippen LogP contribution is 2.21. The van der Waals surface area contributed by atoms with Gasteiger partial charge in [0.1, 0.15) is 5.54 Å². The Hall–Kier alpha value is -0.220. The Morgan fingerprint density at radius 3 is 2.37 bits per heavy atom. The second-order valence-corrected chi connectivity index (χ2v) is 6.88. The molecule has 0 aliphatic rings. The number of hydrogen-bond acceptors (Lipinski definition) is 3. The molecular formula is C15H31NO2S. The number of carboxylic acids is 1. The normalized spacial score (nSPS) is 16.3. The number of carbonyl (C=O) groups is 1. The lowest BCUT2D eigenvalue weighted by atomic mass is 9.90. The number of hydrogen-bond donors (Lipinski definition) is 2. The minimum Gasteiger partial charge on any atom is -0.480 e. The Labute approximate surface area is 122 Å². The van der Waals surface area contributed by atoms with Crippen LogP contribution >= 0.6 is 11.8 Å². The Balaban J connectivity index is 4.17. The van der Waals surface area contributed by atoms with Crippen LogP contribution in [0.3, 0.4) is 0 Å². The van der Waals surface area contributed by atoms with E-state index in [2.05, 4.69) is 19.2 Å². The lowest BCUT2D eigenvalue weighted by molar-refractivity contribution is -0.145. The van der Waals surface area contributed by atoms with E-state index < -0.39 is 11.5 Å². The van der Waals surface area contributed by atoms with Crippen LogP contribution in [0.25, 0.3) is 0 Å². The van der Waals surface area contributed by atoms with E-state index in [0.717, 1.165) is 18.1 Å². The molecule has 4 heteroatoms. The summed E-state index contributed by atoms with van der Waals surface area (Å²) in [5.41, 5.74) is -0.745. The molecule has 2 atom stereocenters. The molecule has 0 saturated carbocycles. The quantitative estimate of drug-likeness (QED) is 0.568. The molecule has 3 nitrogen and oxygen atoms in total. The van der Waals surface area contributed by atoms with E-state index >= 15 is 0 Å². The number of rotatable bonds is 11. The van der Waals surface area contributed by atoms with Crippen molar-refractivity contribution >= 4 is 17.7 Å². The van der Waals surface area contributed by atoms with Crippen LogP contribution in [0.15, 0.2) is 0 Å². The first-order valence-electron chi connectivity index (χ1n) is 7.46. The molecule has 0 aromatic heterocycles. The van der Waals surface area contributed by atoms with Gasteiger partial charge < -0.3 is 5.11 Å². The van der Waals surface area contributed by atoms with Crippen LogP contribution in [-0.2, 0) is 4.79 Å². The molecule has 114 valence electrons. The largest absolute Gasteiger partial charge is 0.480 e. The third kappa shape index (κ3) is 7.21. The fourth-order valence-electron chi connectivity index (χ4n) is 2.10. The molecule has 0 saturated heterocycles. The summed E-state index contributed by atoms with van der Waals surface area (Å²) >= 11 is 1.95. The molecule has 2 N–H and O–H groups in total. The summed E-state index contributed by atoms with van der Waals surface area (Å²) in [6.07, 6.45) is 3.53. The topological polar surface area (TPSA) is 49.3 Å². The molecule has 0 spiro atoms. The van der Waals surface area contributed by atoms with Crippen molar-refractivity contribution in [2.75, 3.05) is 11.5 Å². The summed E-state index contributed by atoms with van der Waals surface area (Å²) < 4.78 is 0. The van der Waals surface area contributed by atoms with Crippen molar-refractivity contribution in [2.45, 2.75) is 71.9 Å². The first-order valence-corrected chi connectivity index (χ1v) is 8.62. The van der Waals surface area contributed by atoms with Gasteiger partial charge in [-0.1, -0.05) is 27.2 Å². The van der Waals surface area contributed by atoms with Gasteiger partial charge in [0.25, 0.3) is 0 Å². The van der Waals surface area contributed by atoms with Gasteiger partial charge in [0.2, 0.25) is 0 Å². The fraction of sp³-hybridized carbons (Fsp3) is 0.933. The highest BCUT2D eigenvalue weighted by Gasteiger charge is 2.36. The molecule has 0 aromatic carbocycles. The van der Waals surface area contributed by atoms with E-state index in [9.17, 15) is 9.90 Å². The first-order chi connectivity index (χ1) is 8.88. The van der Waals surface area contributed by atoms with Crippen LogP contribution < -0.4 is 5.32 Å². The summed E-state index contributed by atoms with van der Waals surface area (Å²) in [4.78, 5) is 11.5. The zero-order valence-corrected chi connectivity index (χ0v) is 14.0. The Morgan fingerprint density at radius 1 is 1.32 bits per heavy atom. The first kappa shape index (κ1) is 18.8. The van der Waals surface area contributed by atoms with E-state index in [1.807, 2.05) is 32.5 Å². The number of aliphatic carboxylic acids is 1. The Morgan fingerprint density at radius 2 is 1.95 bits per heavy atom. The van der Waals surface area contributed by atoms with Crippen molar-refractivity contribution in [1.82, 2.24) is 5.32 Å². The van der Waals surface area contributed by atoms with Crippen molar-refractivity contribution in [3.63, 3.8) is 0 Å². The van der Waals surface area contributed by atoms with E-state index in [1.54, 1.807) is 0 Å². The molecule has 0 rings (SSSR count). The molecular weight excluding hydrogens is 258 g/mol. The van der Waals surface area contributed by atoms with Gasteiger partial charge in [0.05, 0.1) is 0 Å². The van der Waals surface area contributed by atoms with Crippen molar-refractivity contribution in [3.05, 3.63) is 0 Å². The molecule has 19 heavy (non-hydrogen) atoms. The maximum atomic E-state index is 11.5. The van der Waals surface area contributed by atoms with Crippen molar-refractivity contribution in [3.8, 4) is 0 Å². The molecule has 0 bridgehead atoms. The second-order valence-electron chi connectivity index (χ2n) is 5.73. The van der Waals surface area contributed by atoms with Crippen LogP contribution in [0.4, 0.5) is 0 Å². The van der Waals surface area contributed by atoms with Gasteiger partial charge >= 0.3 is 5.97 Å². The molecule has 0 radical (unpaired) electrons. The Bertz CT molecular complexity index is 259. The van der Waals surface area contributed by atoms with Gasteiger partial charge in [-0.3, -0.25) is 10.1 Å². The zero-order valence-electron chi connectivity index (χ0n) is 13.2. The molecule has 0 heterocycles. The van der Waals surface area contributed by atoms with Crippen LogP contribution in [0.2, 0.25) is 0 Å². The Kier molecular flexibility index (Phi) is 9.54. The molecule has 0 aliphatic carbocycles. The third-order valence-electron chi connectivity index (χ3n) is 3.57. The third-order valence-corrected chi connectivity index (χ3v) is 4.95. The SMILES string of the molecule is CCC(C)CSCCCC(CC)(NC(C)C)C(=O)O. The number of thioether (sulfide) groups is 1. The van der Waals surface area contributed by atoms with Crippen molar-refractivity contribution in [2.24, 2.45) is 5.92 Å². The van der Waals surface area contributed by atoms with Gasteiger partial charge in [-0.05, 0) is 50.5 Å². The average Bonchev–Trinajstić information content (AvgIpc) is 2.35. The van der Waals surface area contributed by atoms with Crippen molar-refractivity contribution in [1.29, 1.82) is 0 Å². The highest BCUT2D eigenvalue weighted by atomic mass is 32.2.